The molecule has 0 fully saturated rings. The monoisotopic (exact) mass is 254 g/mol. The van der Waals surface area contributed by atoms with Crippen LogP contribution in [0.4, 0.5) is 0 Å². The number of methoxy groups -OCH3 is 2. The number of hydrogen-bond donors (Lipinski definition) is 0. The number of rotatable bonds is 5. The topological polar surface area (TPSA) is 96.0 Å². The molecule has 0 aliphatic carbocycles. The first-order chi connectivity index (χ1) is 7.14. The molecular weight excluding hydrogens is 240 g/mol. The van der Waals surface area contributed by atoms with Crippen LogP contribution in [0.3, 0.4) is 0 Å². The lowest BCUT2D eigenvalue weighted by molar-refractivity contribution is -0.163. The second-order valence-electron chi connectivity index (χ2n) is 3.26. The van der Waals surface area contributed by atoms with Gasteiger partial charge in [-0.3, -0.25) is 8.98 Å². The zero-order chi connectivity index (χ0) is 13.0. The fourth-order valence-corrected chi connectivity index (χ4v) is 1.83. The smallest absolute Gasteiger partial charge is 0.340 e. The highest BCUT2D eigenvalue weighted by molar-refractivity contribution is 7.86. The summed E-state index contributed by atoms with van der Waals surface area (Å²) >= 11 is 0. The molecule has 0 aromatic carbocycles. The molecule has 1 unspecified atom stereocenters. The highest BCUT2D eigenvalue weighted by atomic mass is 32.2. The summed E-state index contributed by atoms with van der Waals surface area (Å²) in [5.74, 6) is -1.75. The molecule has 0 rings (SSSR count). The Hall–Kier alpha value is -1.15. The van der Waals surface area contributed by atoms with Crippen molar-refractivity contribution in [3.63, 3.8) is 0 Å². The van der Waals surface area contributed by atoms with Gasteiger partial charge in [-0.15, -0.1) is 0 Å². The lowest BCUT2D eigenvalue weighted by atomic mass is 10.0. The van der Waals surface area contributed by atoms with Gasteiger partial charge in [-0.05, 0) is 6.92 Å². The van der Waals surface area contributed by atoms with Gasteiger partial charge in [-0.2, -0.15) is 8.42 Å². The van der Waals surface area contributed by atoms with E-state index in [0.717, 1.165) is 27.4 Å². The molecular formula is C8H14O7S. The summed E-state index contributed by atoms with van der Waals surface area (Å²) in [6.07, 6.45) is 0.217. The fraction of sp³-hybridized carbons (Fsp3) is 0.750. The molecule has 0 saturated heterocycles. The van der Waals surface area contributed by atoms with Gasteiger partial charge in [0.05, 0.1) is 26.9 Å². The third kappa shape index (κ3) is 4.58. The Morgan fingerprint density at radius 1 is 1.19 bits per heavy atom. The Labute approximate surface area is 93.8 Å². The van der Waals surface area contributed by atoms with Crippen molar-refractivity contribution in [1.29, 1.82) is 0 Å². The largest absolute Gasteiger partial charge is 0.469 e. The molecule has 0 N–H and O–H groups in total. The summed E-state index contributed by atoms with van der Waals surface area (Å²) < 4.78 is 35.2. The third-order valence-electron chi connectivity index (χ3n) is 1.66. The van der Waals surface area contributed by atoms with Crippen LogP contribution in [0.25, 0.3) is 0 Å². The molecule has 0 aliphatic heterocycles. The van der Waals surface area contributed by atoms with Crippen molar-refractivity contribution in [1.82, 2.24) is 0 Å². The Balaban J connectivity index is 5.04. The zero-order valence-electron chi connectivity index (χ0n) is 9.47. The van der Waals surface area contributed by atoms with Crippen molar-refractivity contribution < 1.29 is 31.7 Å². The van der Waals surface area contributed by atoms with Crippen molar-refractivity contribution in [2.24, 2.45) is 0 Å². The predicted octanol–water partition coefficient (Wildman–Crippen LogP) is -0.543. The van der Waals surface area contributed by atoms with Crippen LogP contribution in [0.5, 0.6) is 0 Å². The van der Waals surface area contributed by atoms with Crippen molar-refractivity contribution >= 4 is 22.1 Å². The molecule has 0 aromatic rings. The van der Waals surface area contributed by atoms with Gasteiger partial charge in [0, 0.05) is 0 Å². The standard InChI is InChI=1S/C8H14O7S/c1-8(7(10)14-3,5-6(9)13-2)15-16(4,11)12/h5H2,1-4H3. The number of carbonyl (C=O) groups is 2. The van der Waals surface area contributed by atoms with Crippen molar-refractivity contribution in [3.8, 4) is 0 Å². The number of ether oxygens (including phenoxy) is 2. The zero-order valence-corrected chi connectivity index (χ0v) is 10.3. The van der Waals surface area contributed by atoms with E-state index in [1.807, 2.05) is 0 Å². The van der Waals surface area contributed by atoms with Gasteiger partial charge in [0.2, 0.25) is 0 Å². The van der Waals surface area contributed by atoms with E-state index in [1.165, 1.54) is 0 Å². The summed E-state index contributed by atoms with van der Waals surface area (Å²) in [5, 5.41) is 0. The van der Waals surface area contributed by atoms with Crippen LogP contribution in [0.15, 0.2) is 0 Å². The first-order valence-corrected chi connectivity index (χ1v) is 6.02. The van der Waals surface area contributed by atoms with E-state index in [9.17, 15) is 18.0 Å². The predicted molar refractivity (Wildman–Crippen MR) is 53.0 cm³/mol. The molecule has 0 amide bonds. The summed E-state index contributed by atoms with van der Waals surface area (Å²) in [4.78, 5) is 22.4. The highest BCUT2D eigenvalue weighted by Gasteiger charge is 2.42. The lowest BCUT2D eigenvalue weighted by Crippen LogP contribution is -2.43. The van der Waals surface area contributed by atoms with Crippen LogP contribution >= 0.6 is 0 Å². The third-order valence-corrected chi connectivity index (χ3v) is 2.33. The first kappa shape index (κ1) is 14.8. The average molecular weight is 254 g/mol. The van der Waals surface area contributed by atoms with Gasteiger partial charge in [0.25, 0.3) is 10.1 Å². The van der Waals surface area contributed by atoms with E-state index in [1.54, 1.807) is 0 Å². The molecule has 0 bridgehead atoms. The quantitative estimate of drug-likeness (QED) is 0.480. The molecule has 0 aliphatic rings. The lowest BCUT2D eigenvalue weighted by Gasteiger charge is -2.23. The molecule has 94 valence electrons. The molecule has 0 heterocycles. The maximum atomic E-state index is 11.3. The van der Waals surface area contributed by atoms with Crippen LogP contribution in [-0.2, 0) is 33.4 Å². The van der Waals surface area contributed by atoms with Crippen LogP contribution in [0.2, 0.25) is 0 Å². The van der Waals surface area contributed by atoms with Crippen LogP contribution < -0.4 is 0 Å². The Bertz CT molecular complexity index is 372. The van der Waals surface area contributed by atoms with Crippen molar-refractivity contribution in [2.75, 3.05) is 20.5 Å². The van der Waals surface area contributed by atoms with E-state index in [0.29, 0.717) is 0 Å². The van der Waals surface area contributed by atoms with Gasteiger partial charge in [0.1, 0.15) is 0 Å². The van der Waals surface area contributed by atoms with E-state index < -0.39 is 34.1 Å². The highest BCUT2D eigenvalue weighted by Crippen LogP contribution is 2.20. The molecule has 0 spiro atoms. The van der Waals surface area contributed by atoms with E-state index in [2.05, 4.69) is 13.7 Å². The SMILES string of the molecule is COC(=O)CC(C)(OS(C)(=O)=O)C(=O)OC. The van der Waals surface area contributed by atoms with Crippen LogP contribution in [0, 0.1) is 0 Å². The Morgan fingerprint density at radius 3 is 2.00 bits per heavy atom. The van der Waals surface area contributed by atoms with Gasteiger partial charge in [0.15, 0.2) is 5.60 Å². The summed E-state index contributed by atoms with van der Waals surface area (Å²) in [6, 6.07) is 0. The Morgan fingerprint density at radius 2 is 1.69 bits per heavy atom. The maximum Gasteiger partial charge on any atom is 0.340 e. The molecule has 7 nitrogen and oxygen atoms in total. The van der Waals surface area contributed by atoms with Gasteiger partial charge in [-0.1, -0.05) is 0 Å². The van der Waals surface area contributed by atoms with Crippen LogP contribution in [0.1, 0.15) is 13.3 Å². The van der Waals surface area contributed by atoms with E-state index >= 15 is 0 Å². The first-order valence-electron chi connectivity index (χ1n) is 4.20. The number of esters is 2. The fourth-order valence-electron chi connectivity index (χ4n) is 1.03. The van der Waals surface area contributed by atoms with E-state index in [4.69, 9.17) is 0 Å². The molecule has 0 saturated carbocycles. The number of carbonyl (C=O) groups excluding carboxylic acids is 2. The van der Waals surface area contributed by atoms with Crippen LogP contribution in [-0.4, -0.2) is 46.4 Å². The minimum Gasteiger partial charge on any atom is -0.469 e. The second-order valence-corrected chi connectivity index (χ2v) is 4.84. The minimum absolute atomic E-state index is 0.552. The Kier molecular flexibility index (Phi) is 4.88. The summed E-state index contributed by atoms with van der Waals surface area (Å²) in [5.41, 5.74) is -1.91. The van der Waals surface area contributed by atoms with E-state index in [-0.39, 0.29) is 0 Å². The minimum atomic E-state index is -3.90. The van der Waals surface area contributed by atoms with Crippen molar-refractivity contribution in [3.05, 3.63) is 0 Å². The molecule has 8 heteroatoms. The molecule has 1 atom stereocenters. The summed E-state index contributed by atoms with van der Waals surface area (Å²) in [7, 11) is -1.73. The second kappa shape index (κ2) is 5.26. The molecule has 0 radical (unpaired) electrons. The van der Waals surface area contributed by atoms with Crippen molar-refractivity contribution in [2.45, 2.75) is 18.9 Å². The molecule has 0 aromatic heterocycles. The van der Waals surface area contributed by atoms with Gasteiger partial charge < -0.3 is 9.47 Å². The summed E-state index contributed by atoms with van der Waals surface area (Å²) in [6.45, 7) is 1.14. The van der Waals surface area contributed by atoms with Gasteiger partial charge in [-0.25, -0.2) is 4.79 Å². The molecule has 16 heavy (non-hydrogen) atoms. The normalized spacial score (nSPS) is 15.0. The average Bonchev–Trinajstić information content (AvgIpc) is 2.13. The van der Waals surface area contributed by atoms with Gasteiger partial charge >= 0.3 is 11.9 Å². The number of hydrogen-bond acceptors (Lipinski definition) is 7. The maximum absolute atomic E-state index is 11.3.